The number of hydrogen-bond donors (Lipinski definition) is 3. The van der Waals surface area contributed by atoms with Gasteiger partial charge in [0.05, 0.1) is 24.6 Å². The number of carbonyl (C=O) groups is 1. The van der Waals surface area contributed by atoms with Crippen molar-refractivity contribution in [3.63, 3.8) is 0 Å². The lowest BCUT2D eigenvalue weighted by molar-refractivity contribution is 0.100. The molecule has 3 aromatic rings. The third kappa shape index (κ3) is 4.34. The van der Waals surface area contributed by atoms with Crippen LogP contribution in [0.3, 0.4) is 0 Å². The third-order valence-corrected chi connectivity index (χ3v) is 3.96. The maximum absolute atomic E-state index is 13.4. The Kier molecular flexibility index (Phi) is 5.68. The van der Waals surface area contributed by atoms with E-state index in [1.165, 1.54) is 25.4 Å². The second-order valence-electron chi connectivity index (χ2n) is 5.84. The van der Waals surface area contributed by atoms with E-state index in [4.69, 9.17) is 10.5 Å². The van der Waals surface area contributed by atoms with Gasteiger partial charge in [-0.1, -0.05) is 6.07 Å². The molecule has 0 aliphatic heterocycles. The molecule has 28 heavy (non-hydrogen) atoms. The molecule has 2 aromatic heterocycles. The number of amides is 1. The fourth-order valence-electron chi connectivity index (χ4n) is 2.53. The van der Waals surface area contributed by atoms with Crippen molar-refractivity contribution in [1.82, 2.24) is 19.7 Å². The number of carbonyl (C=O) groups excluding carboxylic acids is 1. The third-order valence-electron chi connectivity index (χ3n) is 3.96. The first kappa shape index (κ1) is 19.1. The molecule has 9 nitrogen and oxygen atoms in total. The second kappa shape index (κ2) is 8.33. The van der Waals surface area contributed by atoms with Crippen LogP contribution in [0, 0.1) is 5.82 Å². The predicted octanol–water partition coefficient (Wildman–Crippen LogP) is 2.30. The van der Waals surface area contributed by atoms with Gasteiger partial charge in [0.25, 0.3) is 5.91 Å². The Hall–Kier alpha value is -3.69. The Balaban J connectivity index is 1.82. The average molecular weight is 385 g/mol. The zero-order valence-electron chi connectivity index (χ0n) is 15.4. The lowest BCUT2D eigenvalue weighted by atomic mass is 10.2. The fourth-order valence-corrected chi connectivity index (χ4v) is 2.53. The molecule has 1 aromatic carbocycles. The summed E-state index contributed by atoms with van der Waals surface area (Å²) >= 11 is 0. The highest BCUT2D eigenvalue weighted by atomic mass is 19.1. The van der Waals surface area contributed by atoms with E-state index >= 15 is 0 Å². The summed E-state index contributed by atoms with van der Waals surface area (Å²) in [6, 6.07) is 4.20. The molecule has 0 atom stereocenters. The summed E-state index contributed by atoms with van der Waals surface area (Å²) in [7, 11) is 1.45. The van der Waals surface area contributed by atoms with Gasteiger partial charge < -0.3 is 21.1 Å². The minimum absolute atomic E-state index is 0.135. The van der Waals surface area contributed by atoms with E-state index in [9.17, 15) is 9.18 Å². The molecule has 4 N–H and O–H groups in total. The van der Waals surface area contributed by atoms with Crippen LogP contribution in [0.1, 0.15) is 22.8 Å². The van der Waals surface area contributed by atoms with Crippen molar-refractivity contribution in [3.05, 3.63) is 53.7 Å². The molecule has 0 unspecified atom stereocenters. The van der Waals surface area contributed by atoms with Crippen LogP contribution in [-0.2, 0) is 13.1 Å². The van der Waals surface area contributed by atoms with E-state index in [0.29, 0.717) is 17.0 Å². The summed E-state index contributed by atoms with van der Waals surface area (Å²) in [5.74, 6) is -0.167. The van der Waals surface area contributed by atoms with Crippen LogP contribution in [-0.4, -0.2) is 32.8 Å². The second-order valence-corrected chi connectivity index (χ2v) is 5.84. The van der Waals surface area contributed by atoms with Crippen molar-refractivity contribution in [2.75, 3.05) is 17.7 Å². The lowest BCUT2D eigenvalue weighted by Gasteiger charge is -2.13. The number of halogens is 1. The minimum atomic E-state index is -0.668. The van der Waals surface area contributed by atoms with Crippen molar-refractivity contribution in [2.45, 2.75) is 20.0 Å². The van der Waals surface area contributed by atoms with E-state index in [1.807, 2.05) is 13.1 Å². The molecule has 0 saturated carbocycles. The SMILES string of the molecule is CCn1cc(Nc2ncc(C(N)=O)c(NCc3ccc(F)cc3OC)n2)cn1. The number of aromatic nitrogens is 4. The van der Waals surface area contributed by atoms with Crippen molar-refractivity contribution >= 4 is 23.4 Å². The molecule has 2 heterocycles. The van der Waals surface area contributed by atoms with Gasteiger partial charge in [-0.3, -0.25) is 9.48 Å². The van der Waals surface area contributed by atoms with Crippen molar-refractivity contribution in [1.29, 1.82) is 0 Å². The molecule has 10 heteroatoms. The molecule has 0 fully saturated rings. The van der Waals surface area contributed by atoms with Crippen LogP contribution >= 0.6 is 0 Å². The standard InChI is InChI=1S/C18H20FN7O2/c1-3-26-10-13(8-23-26)24-18-22-9-14(16(20)27)17(25-18)21-7-11-4-5-12(19)6-15(11)28-2/h4-6,8-10H,3,7H2,1-2H3,(H2,20,27)(H2,21,22,24,25). The number of methoxy groups -OCH3 is 1. The van der Waals surface area contributed by atoms with E-state index in [0.717, 1.165) is 6.54 Å². The zero-order chi connectivity index (χ0) is 20.1. The first-order chi connectivity index (χ1) is 13.5. The van der Waals surface area contributed by atoms with Gasteiger partial charge in [0.15, 0.2) is 0 Å². The summed E-state index contributed by atoms with van der Waals surface area (Å²) in [5.41, 5.74) is 6.95. The Morgan fingerprint density at radius 1 is 1.36 bits per heavy atom. The average Bonchev–Trinajstić information content (AvgIpc) is 3.14. The first-order valence-corrected chi connectivity index (χ1v) is 8.52. The number of primary amides is 1. The Morgan fingerprint density at radius 3 is 2.86 bits per heavy atom. The maximum Gasteiger partial charge on any atom is 0.254 e. The van der Waals surface area contributed by atoms with Crippen molar-refractivity contribution in [3.8, 4) is 5.75 Å². The van der Waals surface area contributed by atoms with Gasteiger partial charge in [-0.25, -0.2) is 9.37 Å². The van der Waals surface area contributed by atoms with Gasteiger partial charge in [0.2, 0.25) is 5.95 Å². The molecule has 0 spiro atoms. The molecule has 1 amide bonds. The van der Waals surface area contributed by atoms with Crippen molar-refractivity contribution < 1.29 is 13.9 Å². The van der Waals surface area contributed by atoms with Gasteiger partial charge in [-0.15, -0.1) is 0 Å². The molecule has 0 radical (unpaired) electrons. The largest absolute Gasteiger partial charge is 0.496 e. The highest BCUT2D eigenvalue weighted by Crippen LogP contribution is 2.22. The topological polar surface area (TPSA) is 120 Å². The highest BCUT2D eigenvalue weighted by Gasteiger charge is 2.14. The predicted molar refractivity (Wildman–Crippen MR) is 102 cm³/mol. The molecule has 146 valence electrons. The van der Waals surface area contributed by atoms with Crippen LogP contribution in [0.2, 0.25) is 0 Å². The summed E-state index contributed by atoms with van der Waals surface area (Å²) in [4.78, 5) is 20.2. The number of ether oxygens (including phenoxy) is 1. The van der Waals surface area contributed by atoms with Crippen LogP contribution in [0.4, 0.5) is 21.8 Å². The van der Waals surface area contributed by atoms with E-state index in [-0.39, 0.29) is 23.9 Å². The molecule has 0 aliphatic rings. The van der Waals surface area contributed by atoms with Gasteiger partial charge in [-0.05, 0) is 13.0 Å². The number of aryl methyl sites for hydroxylation is 1. The molecular formula is C18H20FN7O2. The van der Waals surface area contributed by atoms with E-state index < -0.39 is 11.7 Å². The van der Waals surface area contributed by atoms with Gasteiger partial charge in [0, 0.05) is 37.1 Å². The van der Waals surface area contributed by atoms with E-state index in [1.54, 1.807) is 16.9 Å². The van der Waals surface area contributed by atoms with Gasteiger partial charge >= 0.3 is 0 Å². The summed E-state index contributed by atoms with van der Waals surface area (Å²) in [6.45, 7) is 2.95. The number of nitrogens with zero attached hydrogens (tertiary/aromatic N) is 4. The van der Waals surface area contributed by atoms with Crippen molar-refractivity contribution in [2.24, 2.45) is 5.73 Å². The maximum atomic E-state index is 13.4. The summed E-state index contributed by atoms with van der Waals surface area (Å²) in [5, 5.41) is 10.2. The lowest BCUT2D eigenvalue weighted by Crippen LogP contribution is -2.17. The molecule has 0 saturated heterocycles. The molecule has 3 rings (SSSR count). The number of nitrogens with two attached hydrogens (primary N) is 1. The van der Waals surface area contributed by atoms with Crippen LogP contribution in [0.25, 0.3) is 0 Å². The smallest absolute Gasteiger partial charge is 0.254 e. The fraction of sp³-hybridized carbons (Fsp3) is 0.222. The Bertz CT molecular complexity index is 990. The quantitative estimate of drug-likeness (QED) is 0.544. The van der Waals surface area contributed by atoms with Crippen LogP contribution in [0.15, 0.2) is 36.8 Å². The van der Waals surface area contributed by atoms with Crippen LogP contribution in [0.5, 0.6) is 5.75 Å². The summed E-state index contributed by atoms with van der Waals surface area (Å²) in [6.07, 6.45) is 4.79. The molecular weight excluding hydrogens is 365 g/mol. The number of rotatable bonds is 8. The Morgan fingerprint density at radius 2 is 2.18 bits per heavy atom. The van der Waals surface area contributed by atoms with Gasteiger partial charge in [-0.2, -0.15) is 10.1 Å². The number of anilines is 3. The molecule has 0 bridgehead atoms. The summed E-state index contributed by atoms with van der Waals surface area (Å²) < 4.78 is 20.3. The van der Waals surface area contributed by atoms with Gasteiger partial charge in [0.1, 0.15) is 17.4 Å². The molecule has 0 aliphatic carbocycles. The van der Waals surface area contributed by atoms with E-state index in [2.05, 4.69) is 25.7 Å². The number of benzene rings is 1. The Labute approximate surface area is 160 Å². The monoisotopic (exact) mass is 385 g/mol. The number of hydrogen-bond acceptors (Lipinski definition) is 7. The highest BCUT2D eigenvalue weighted by molar-refractivity contribution is 5.97. The van der Waals surface area contributed by atoms with Crippen LogP contribution < -0.4 is 21.1 Å². The minimum Gasteiger partial charge on any atom is -0.496 e. The zero-order valence-corrected chi connectivity index (χ0v) is 15.4. The first-order valence-electron chi connectivity index (χ1n) is 8.52. The number of nitrogens with one attached hydrogen (secondary N) is 2. The normalized spacial score (nSPS) is 10.5.